The molecular weight excluding hydrogens is 474 g/mol. The number of amides is 1. The summed E-state index contributed by atoms with van der Waals surface area (Å²) in [5, 5.41) is 0.836. The molecule has 1 fully saturated rings. The number of rotatable bonds is 5. The third kappa shape index (κ3) is 4.09. The van der Waals surface area contributed by atoms with Crippen LogP contribution in [0.1, 0.15) is 17.8 Å². The first-order chi connectivity index (χ1) is 13.9. The van der Waals surface area contributed by atoms with Gasteiger partial charge >= 0.3 is 0 Å². The number of fused-ring (bicyclic) bond motifs is 1. The fraction of sp³-hybridized carbons (Fsp3) is 0.300. The smallest absolute Gasteiger partial charge is 0.243 e. The minimum Gasteiger partial charge on any atom is -0.338 e. The average molecular weight is 494 g/mol. The van der Waals surface area contributed by atoms with Crippen LogP contribution in [-0.2, 0) is 21.4 Å². The third-order valence-corrected chi connectivity index (χ3v) is 8.47. The number of hydrogen-bond donors (Lipinski definition) is 0. The molecule has 1 aliphatic heterocycles. The first-order valence-corrected chi connectivity index (χ1v) is 12.3. The summed E-state index contributed by atoms with van der Waals surface area (Å²) >= 11 is 4.87. The first kappa shape index (κ1) is 20.5. The lowest BCUT2D eigenvalue weighted by Gasteiger charge is -2.27. The first-order valence-electron chi connectivity index (χ1n) is 9.23. The zero-order chi connectivity index (χ0) is 20.6. The molecule has 1 amide bonds. The minimum atomic E-state index is -3.72. The lowest BCUT2D eigenvalue weighted by molar-refractivity contribution is -0.133. The molecule has 1 atom stereocenters. The number of hydrogen-bond acceptors (Lipinski definition) is 5. The van der Waals surface area contributed by atoms with Crippen LogP contribution in [0.15, 0.2) is 57.9 Å². The highest BCUT2D eigenvalue weighted by Crippen LogP contribution is 2.29. The minimum absolute atomic E-state index is 0.192. The van der Waals surface area contributed by atoms with Crippen LogP contribution in [0.25, 0.3) is 10.2 Å². The maximum Gasteiger partial charge on any atom is 0.243 e. The van der Waals surface area contributed by atoms with Crippen molar-refractivity contribution in [2.45, 2.75) is 30.3 Å². The highest BCUT2D eigenvalue weighted by Gasteiger charge is 2.40. The molecule has 1 aliphatic rings. The summed E-state index contributed by atoms with van der Waals surface area (Å²) in [7, 11) is -2.02. The molecule has 1 unspecified atom stereocenters. The fourth-order valence-electron chi connectivity index (χ4n) is 3.54. The highest BCUT2D eigenvalue weighted by atomic mass is 79.9. The summed E-state index contributed by atoms with van der Waals surface area (Å²) in [4.78, 5) is 19.5. The number of benzene rings is 2. The van der Waals surface area contributed by atoms with E-state index in [1.807, 2.05) is 24.3 Å². The Morgan fingerprint density at radius 1 is 1.24 bits per heavy atom. The molecule has 2 heterocycles. The van der Waals surface area contributed by atoms with Crippen molar-refractivity contribution in [2.75, 3.05) is 13.6 Å². The Bertz CT molecular complexity index is 1110. The molecule has 0 spiro atoms. The summed E-state index contributed by atoms with van der Waals surface area (Å²) in [6, 6.07) is 13.7. The lowest BCUT2D eigenvalue weighted by atomic mass is 10.2. The SMILES string of the molecule is CN(Cc1nc2ccccc2s1)C(=O)C1CCCN1S(=O)(=O)c1ccc(Br)cc1. The van der Waals surface area contributed by atoms with Crippen LogP contribution in [0.4, 0.5) is 0 Å². The van der Waals surface area contributed by atoms with Crippen molar-refractivity contribution in [3.8, 4) is 0 Å². The van der Waals surface area contributed by atoms with Crippen molar-refractivity contribution in [3.63, 3.8) is 0 Å². The second-order valence-corrected chi connectivity index (χ2v) is 10.9. The van der Waals surface area contributed by atoms with Crippen molar-refractivity contribution in [1.82, 2.24) is 14.2 Å². The van der Waals surface area contributed by atoms with Crippen molar-refractivity contribution in [2.24, 2.45) is 0 Å². The van der Waals surface area contributed by atoms with E-state index in [2.05, 4.69) is 20.9 Å². The summed E-state index contributed by atoms with van der Waals surface area (Å²) in [6.07, 6.45) is 1.19. The van der Waals surface area contributed by atoms with E-state index >= 15 is 0 Å². The molecule has 0 aliphatic carbocycles. The van der Waals surface area contributed by atoms with Gasteiger partial charge in [-0.05, 0) is 49.2 Å². The normalized spacial score (nSPS) is 17.7. The molecule has 3 aromatic rings. The Morgan fingerprint density at radius 3 is 2.69 bits per heavy atom. The number of sulfonamides is 1. The predicted molar refractivity (Wildman–Crippen MR) is 117 cm³/mol. The Hall–Kier alpha value is -1.81. The predicted octanol–water partition coefficient (Wildman–Crippen LogP) is 3.87. The maximum absolute atomic E-state index is 13.1. The van der Waals surface area contributed by atoms with Crippen LogP contribution in [0.2, 0.25) is 0 Å². The number of likely N-dealkylation sites (N-methyl/N-ethyl adjacent to an activating group) is 1. The molecular formula is C20H20BrN3O3S2. The van der Waals surface area contributed by atoms with Gasteiger partial charge in [-0.1, -0.05) is 28.1 Å². The third-order valence-electron chi connectivity index (χ3n) is 5.00. The van der Waals surface area contributed by atoms with E-state index in [4.69, 9.17) is 0 Å². The number of halogens is 1. The number of thiazole rings is 1. The van der Waals surface area contributed by atoms with Gasteiger partial charge in [0.1, 0.15) is 11.0 Å². The van der Waals surface area contributed by atoms with Gasteiger partial charge in [0.15, 0.2) is 0 Å². The molecule has 0 saturated carbocycles. The number of carbonyl (C=O) groups is 1. The van der Waals surface area contributed by atoms with Gasteiger partial charge in [-0.15, -0.1) is 11.3 Å². The second-order valence-electron chi connectivity index (χ2n) is 7.00. The molecule has 29 heavy (non-hydrogen) atoms. The van der Waals surface area contributed by atoms with Gasteiger partial charge < -0.3 is 4.90 Å². The average Bonchev–Trinajstić information content (AvgIpc) is 3.34. The van der Waals surface area contributed by atoms with E-state index in [1.165, 1.54) is 4.31 Å². The fourth-order valence-corrected chi connectivity index (χ4v) is 6.48. The summed E-state index contributed by atoms with van der Waals surface area (Å²) in [6.45, 7) is 0.713. The van der Waals surface area contributed by atoms with Crippen LogP contribution in [0, 0.1) is 0 Å². The molecule has 4 rings (SSSR count). The van der Waals surface area contributed by atoms with Crippen molar-refractivity contribution >= 4 is 53.4 Å². The monoisotopic (exact) mass is 493 g/mol. The van der Waals surface area contributed by atoms with E-state index < -0.39 is 16.1 Å². The Morgan fingerprint density at radius 2 is 1.97 bits per heavy atom. The molecule has 6 nitrogen and oxygen atoms in total. The number of para-hydroxylation sites is 1. The van der Waals surface area contributed by atoms with Crippen LogP contribution in [0.3, 0.4) is 0 Å². The van der Waals surface area contributed by atoms with E-state index in [0.29, 0.717) is 25.9 Å². The number of aromatic nitrogens is 1. The van der Waals surface area contributed by atoms with Crippen molar-refractivity contribution in [3.05, 3.63) is 58.0 Å². The standard InChI is InChI=1S/C20H20BrN3O3S2/c1-23(13-19-22-16-5-2-3-7-18(16)28-19)20(25)17-6-4-12-24(17)29(26,27)15-10-8-14(21)9-11-15/h2-3,5,7-11,17H,4,6,12-13H2,1H3. The molecule has 152 valence electrons. The Labute approximate surface area is 182 Å². The van der Waals surface area contributed by atoms with Crippen LogP contribution in [0.5, 0.6) is 0 Å². The zero-order valence-corrected chi connectivity index (χ0v) is 19.0. The molecule has 2 aromatic carbocycles. The summed E-state index contributed by atoms with van der Waals surface area (Å²) in [5.41, 5.74) is 0.911. The molecule has 9 heteroatoms. The number of nitrogens with zero attached hydrogens (tertiary/aromatic N) is 3. The molecule has 0 radical (unpaired) electrons. The van der Waals surface area contributed by atoms with Crippen LogP contribution in [-0.4, -0.2) is 48.1 Å². The van der Waals surface area contributed by atoms with Gasteiger partial charge in [0.05, 0.1) is 21.7 Å². The van der Waals surface area contributed by atoms with Gasteiger partial charge in [0.25, 0.3) is 0 Å². The highest BCUT2D eigenvalue weighted by molar-refractivity contribution is 9.10. The van der Waals surface area contributed by atoms with Gasteiger partial charge in [-0.2, -0.15) is 4.31 Å². The Balaban J connectivity index is 1.52. The van der Waals surface area contributed by atoms with E-state index in [1.54, 1.807) is 47.5 Å². The second kappa shape index (κ2) is 8.14. The van der Waals surface area contributed by atoms with Crippen molar-refractivity contribution < 1.29 is 13.2 Å². The van der Waals surface area contributed by atoms with Gasteiger partial charge in [-0.3, -0.25) is 4.79 Å². The maximum atomic E-state index is 13.1. The quantitative estimate of drug-likeness (QED) is 0.540. The molecule has 0 N–H and O–H groups in total. The molecule has 1 saturated heterocycles. The van der Waals surface area contributed by atoms with Gasteiger partial charge in [0.2, 0.25) is 15.9 Å². The molecule has 0 bridgehead atoms. The van der Waals surface area contributed by atoms with Gasteiger partial charge in [-0.25, -0.2) is 13.4 Å². The topological polar surface area (TPSA) is 70.6 Å². The lowest BCUT2D eigenvalue weighted by Crippen LogP contribution is -2.46. The number of carbonyl (C=O) groups excluding carboxylic acids is 1. The summed E-state index contributed by atoms with van der Waals surface area (Å²) < 4.78 is 29.4. The van der Waals surface area contributed by atoms with E-state index in [9.17, 15) is 13.2 Å². The Kier molecular flexibility index (Phi) is 5.74. The van der Waals surface area contributed by atoms with Crippen LogP contribution < -0.4 is 0 Å². The van der Waals surface area contributed by atoms with Crippen molar-refractivity contribution in [1.29, 1.82) is 0 Å². The molecule has 1 aromatic heterocycles. The van der Waals surface area contributed by atoms with E-state index in [0.717, 1.165) is 19.7 Å². The zero-order valence-electron chi connectivity index (χ0n) is 15.8. The van der Waals surface area contributed by atoms with Crippen LogP contribution >= 0.6 is 27.3 Å². The largest absolute Gasteiger partial charge is 0.338 e. The summed E-state index contributed by atoms with van der Waals surface area (Å²) in [5.74, 6) is -0.192. The van der Waals surface area contributed by atoms with E-state index in [-0.39, 0.29) is 10.8 Å². The van der Waals surface area contributed by atoms with Gasteiger partial charge in [0, 0.05) is 18.1 Å².